The summed E-state index contributed by atoms with van der Waals surface area (Å²) in [4.78, 5) is 12.7. The molecule has 2 nitrogen and oxygen atoms in total. The maximum atomic E-state index is 12.7. The van der Waals surface area contributed by atoms with Gasteiger partial charge in [0.25, 0.3) is 0 Å². The molecule has 0 radical (unpaired) electrons. The van der Waals surface area contributed by atoms with Gasteiger partial charge in [-0.1, -0.05) is 37.1 Å². The Hall–Kier alpha value is -1.02. The quantitative estimate of drug-likeness (QED) is 0.849. The number of alkyl halides is 1. The van der Waals surface area contributed by atoms with Crippen molar-refractivity contribution < 1.29 is 4.79 Å². The fourth-order valence-electron chi connectivity index (χ4n) is 4.61. The summed E-state index contributed by atoms with van der Waals surface area (Å²) in [6, 6.07) is 8.64. The highest BCUT2D eigenvalue weighted by Crippen LogP contribution is 2.60. The molecule has 0 saturated heterocycles. The van der Waals surface area contributed by atoms with Crippen LogP contribution in [-0.2, 0) is 11.2 Å². The molecule has 3 heteroatoms. The molecule has 1 N–H and O–H groups in total. The first-order chi connectivity index (χ1) is 10.2. The van der Waals surface area contributed by atoms with Crippen LogP contribution in [0.25, 0.3) is 0 Å². The van der Waals surface area contributed by atoms with E-state index in [0.29, 0.717) is 17.7 Å². The molecule has 1 amide bonds. The first-order valence-electron chi connectivity index (χ1n) is 8.20. The molecule has 2 fully saturated rings. The maximum absolute atomic E-state index is 12.7. The van der Waals surface area contributed by atoms with Crippen LogP contribution in [0.4, 0.5) is 0 Å². The van der Waals surface area contributed by atoms with E-state index in [1.165, 1.54) is 24.0 Å². The molecule has 3 atom stereocenters. The average molecular weight is 304 g/mol. The number of fused-ring (bicyclic) bond motifs is 3. The standard InChI is InChI=1S/C18H22ClNO/c19-11-18(9-3-4-10-18)20-17(21)16-14-8-7-12-5-1-2-6-13(12)15(14)16/h1-2,5-6,14-16H,3-4,7-11H2,(H,20,21). The van der Waals surface area contributed by atoms with Crippen LogP contribution in [-0.4, -0.2) is 17.3 Å². The number of aryl methyl sites for hydroxylation is 1. The summed E-state index contributed by atoms with van der Waals surface area (Å²) in [6.45, 7) is 0. The predicted molar refractivity (Wildman–Crippen MR) is 84.5 cm³/mol. The number of carbonyl (C=O) groups is 1. The smallest absolute Gasteiger partial charge is 0.224 e. The van der Waals surface area contributed by atoms with Gasteiger partial charge >= 0.3 is 0 Å². The molecule has 3 unspecified atom stereocenters. The van der Waals surface area contributed by atoms with Crippen LogP contribution in [0.5, 0.6) is 0 Å². The molecule has 112 valence electrons. The van der Waals surface area contributed by atoms with E-state index in [9.17, 15) is 4.79 Å². The Labute approximate surface area is 131 Å². The van der Waals surface area contributed by atoms with Gasteiger partial charge < -0.3 is 5.32 Å². The summed E-state index contributed by atoms with van der Waals surface area (Å²) < 4.78 is 0. The van der Waals surface area contributed by atoms with E-state index < -0.39 is 0 Å². The van der Waals surface area contributed by atoms with Crippen molar-refractivity contribution in [2.45, 2.75) is 50.0 Å². The molecule has 1 aromatic rings. The van der Waals surface area contributed by atoms with Gasteiger partial charge in [0.15, 0.2) is 0 Å². The topological polar surface area (TPSA) is 29.1 Å². The third kappa shape index (κ3) is 2.19. The number of rotatable bonds is 3. The molecule has 0 bridgehead atoms. The van der Waals surface area contributed by atoms with E-state index in [4.69, 9.17) is 11.6 Å². The van der Waals surface area contributed by atoms with Gasteiger partial charge in [-0.3, -0.25) is 4.79 Å². The Morgan fingerprint density at radius 1 is 1.29 bits per heavy atom. The lowest BCUT2D eigenvalue weighted by Gasteiger charge is -2.28. The molecule has 0 heterocycles. The van der Waals surface area contributed by atoms with Crippen LogP contribution in [0, 0.1) is 11.8 Å². The summed E-state index contributed by atoms with van der Waals surface area (Å²) in [5, 5.41) is 3.32. The fourth-order valence-corrected chi connectivity index (χ4v) is 4.95. The highest BCUT2D eigenvalue weighted by Gasteiger charge is 2.57. The predicted octanol–water partition coefficient (Wildman–Crippen LogP) is 3.63. The first kappa shape index (κ1) is 13.6. The summed E-state index contributed by atoms with van der Waals surface area (Å²) in [5.41, 5.74) is 2.74. The van der Waals surface area contributed by atoms with Crippen LogP contribution in [0.2, 0.25) is 0 Å². The number of benzene rings is 1. The lowest BCUT2D eigenvalue weighted by molar-refractivity contribution is -0.124. The van der Waals surface area contributed by atoms with Gasteiger partial charge in [0.05, 0.1) is 5.54 Å². The van der Waals surface area contributed by atoms with Crippen LogP contribution >= 0.6 is 11.6 Å². The SMILES string of the molecule is O=C(NC1(CCl)CCCC1)C1C2CCc3ccccc3C21. The molecule has 0 spiro atoms. The second-order valence-electron chi connectivity index (χ2n) is 7.06. The van der Waals surface area contributed by atoms with Gasteiger partial charge in [-0.2, -0.15) is 0 Å². The Balaban J connectivity index is 1.51. The minimum absolute atomic E-state index is 0.121. The van der Waals surface area contributed by atoms with Gasteiger partial charge in [-0.15, -0.1) is 11.6 Å². The van der Waals surface area contributed by atoms with E-state index in [2.05, 4.69) is 29.6 Å². The minimum atomic E-state index is -0.121. The zero-order valence-corrected chi connectivity index (χ0v) is 13.0. The molecule has 2 saturated carbocycles. The van der Waals surface area contributed by atoms with Crippen LogP contribution < -0.4 is 5.32 Å². The van der Waals surface area contributed by atoms with E-state index >= 15 is 0 Å². The van der Waals surface area contributed by atoms with Gasteiger partial charge in [-0.25, -0.2) is 0 Å². The van der Waals surface area contributed by atoms with E-state index in [0.717, 1.165) is 25.7 Å². The van der Waals surface area contributed by atoms with Crippen molar-refractivity contribution in [2.24, 2.45) is 11.8 Å². The van der Waals surface area contributed by atoms with Crippen molar-refractivity contribution >= 4 is 17.5 Å². The van der Waals surface area contributed by atoms with E-state index in [1.54, 1.807) is 0 Å². The second-order valence-corrected chi connectivity index (χ2v) is 7.33. The van der Waals surface area contributed by atoms with Crippen molar-refractivity contribution in [2.75, 3.05) is 5.88 Å². The largest absolute Gasteiger partial charge is 0.349 e. The summed E-state index contributed by atoms with van der Waals surface area (Å²) in [5.74, 6) is 2.02. The molecule has 0 aromatic heterocycles. The molecule has 3 aliphatic carbocycles. The minimum Gasteiger partial charge on any atom is -0.349 e. The molecular weight excluding hydrogens is 282 g/mol. The lowest BCUT2D eigenvalue weighted by Crippen LogP contribution is -2.48. The number of hydrogen-bond acceptors (Lipinski definition) is 1. The van der Waals surface area contributed by atoms with Crippen molar-refractivity contribution in [1.29, 1.82) is 0 Å². The Bertz CT molecular complexity index is 564. The van der Waals surface area contributed by atoms with Crippen molar-refractivity contribution in [3.05, 3.63) is 35.4 Å². The lowest BCUT2D eigenvalue weighted by atomic mass is 9.92. The molecule has 1 aromatic carbocycles. The molecule has 4 rings (SSSR count). The highest BCUT2D eigenvalue weighted by atomic mass is 35.5. The normalized spacial score (nSPS) is 32.1. The monoisotopic (exact) mass is 303 g/mol. The van der Waals surface area contributed by atoms with Crippen molar-refractivity contribution in [1.82, 2.24) is 5.32 Å². The third-order valence-electron chi connectivity index (χ3n) is 5.84. The maximum Gasteiger partial charge on any atom is 0.224 e. The number of carbonyl (C=O) groups excluding carboxylic acids is 1. The van der Waals surface area contributed by atoms with E-state index in [1.807, 2.05) is 0 Å². The Kier molecular flexibility index (Phi) is 3.25. The number of hydrogen-bond donors (Lipinski definition) is 1. The zero-order chi connectivity index (χ0) is 14.4. The molecular formula is C18H22ClNO. The van der Waals surface area contributed by atoms with Gasteiger partial charge in [0.2, 0.25) is 5.91 Å². The number of halogens is 1. The van der Waals surface area contributed by atoms with Crippen LogP contribution in [0.3, 0.4) is 0 Å². The summed E-state index contributed by atoms with van der Waals surface area (Å²) in [7, 11) is 0. The Morgan fingerprint density at radius 3 is 2.81 bits per heavy atom. The Morgan fingerprint density at radius 2 is 2.05 bits per heavy atom. The second kappa shape index (κ2) is 5.01. The van der Waals surface area contributed by atoms with Crippen LogP contribution in [0.15, 0.2) is 24.3 Å². The van der Waals surface area contributed by atoms with Gasteiger partial charge in [-0.05, 0) is 48.6 Å². The summed E-state index contributed by atoms with van der Waals surface area (Å²) in [6.07, 6.45) is 6.75. The van der Waals surface area contributed by atoms with Gasteiger partial charge in [0, 0.05) is 11.8 Å². The summed E-state index contributed by atoms with van der Waals surface area (Å²) >= 11 is 6.15. The van der Waals surface area contributed by atoms with Gasteiger partial charge in [0.1, 0.15) is 0 Å². The number of amides is 1. The molecule has 0 aliphatic heterocycles. The first-order valence-corrected chi connectivity index (χ1v) is 8.73. The zero-order valence-electron chi connectivity index (χ0n) is 12.3. The average Bonchev–Trinajstić information content (AvgIpc) is 3.10. The fraction of sp³-hybridized carbons (Fsp3) is 0.611. The van der Waals surface area contributed by atoms with Crippen molar-refractivity contribution in [3.63, 3.8) is 0 Å². The highest BCUT2D eigenvalue weighted by molar-refractivity contribution is 6.18. The van der Waals surface area contributed by atoms with Crippen molar-refractivity contribution in [3.8, 4) is 0 Å². The molecule has 3 aliphatic rings. The molecule has 21 heavy (non-hydrogen) atoms. The third-order valence-corrected chi connectivity index (χ3v) is 6.35. The van der Waals surface area contributed by atoms with Crippen LogP contribution in [0.1, 0.15) is 49.1 Å². The van der Waals surface area contributed by atoms with E-state index in [-0.39, 0.29) is 17.4 Å². The number of nitrogens with one attached hydrogen (secondary N) is 1.